The number of anilines is 1. The molecule has 1 amide bonds. The van der Waals surface area contributed by atoms with Gasteiger partial charge >= 0.3 is 11.7 Å². The van der Waals surface area contributed by atoms with E-state index in [1.54, 1.807) is 30.3 Å². The first-order valence-electron chi connectivity index (χ1n) is 8.09. The number of oxazole rings is 1. The molecule has 0 spiro atoms. The Morgan fingerprint density at radius 3 is 2.73 bits per heavy atom. The lowest BCUT2D eigenvalue weighted by Gasteiger charge is -2.14. The highest BCUT2D eigenvalue weighted by molar-refractivity contribution is 5.95. The van der Waals surface area contributed by atoms with Gasteiger partial charge in [-0.05, 0) is 43.7 Å². The molecule has 1 heterocycles. The molecular formula is C19H18N2O5. The fourth-order valence-corrected chi connectivity index (χ4v) is 2.55. The van der Waals surface area contributed by atoms with Crippen molar-refractivity contribution in [2.45, 2.75) is 26.5 Å². The second-order valence-corrected chi connectivity index (χ2v) is 5.91. The normalized spacial score (nSPS) is 11.9. The van der Waals surface area contributed by atoms with Crippen LogP contribution in [0, 0.1) is 6.92 Å². The minimum Gasteiger partial charge on any atom is -0.451 e. The summed E-state index contributed by atoms with van der Waals surface area (Å²) in [5.41, 5.74) is 2.50. The fourth-order valence-electron chi connectivity index (χ4n) is 2.55. The van der Waals surface area contributed by atoms with E-state index >= 15 is 0 Å². The molecule has 0 saturated heterocycles. The number of fused-ring (bicyclic) bond motifs is 1. The highest BCUT2D eigenvalue weighted by atomic mass is 16.5. The van der Waals surface area contributed by atoms with Crippen LogP contribution in [0.3, 0.4) is 0 Å². The van der Waals surface area contributed by atoms with Crippen molar-refractivity contribution in [1.29, 1.82) is 0 Å². The number of carbonyl (C=O) groups is 2. The maximum atomic E-state index is 12.2. The SMILES string of the molecule is Cc1cccc(NC(=O)[C@@H](C)OC(=O)Cn2c(=O)oc3ccccc32)c1. The maximum Gasteiger partial charge on any atom is 0.420 e. The molecule has 0 aliphatic heterocycles. The van der Waals surface area contributed by atoms with Gasteiger partial charge in [0, 0.05) is 5.69 Å². The number of aromatic nitrogens is 1. The summed E-state index contributed by atoms with van der Waals surface area (Å²) < 4.78 is 11.4. The number of aryl methyl sites for hydroxylation is 1. The molecule has 0 radical (unpaired) electrons. The average Bonchev–Trinajstić information content (AvgIpc) is 2.90. The van der Waals surface area contributed by atoms with E-state index in [9.17, 15) is 14.4 Å². The Bertz CT molecular complexity index is 1020. The van der Waals surface area contributed by atoms with E-state index < -0.39 is 23.7 Å². The summed E-state index contributed by atoms with van der Waals surface area (Å²) in [5, 5.41) is 2.68. The molecule has 1 atom stereocenters. The predicted molar refractivity (Wildman–Crippen MR) is 95.8 cm³/mol. The number of nitrogens with zero attached hydrogens (tertiary/aromatic N) is 1. The number of benzene rings is 2. The van der Waals surface area contributed by atoms with E-state index in [2.05, 4.69) is 5.32 Å². The Labute approximate surface area is 149 Å². The van der Waals surface area contributed by atoms with Gasteiger partial charge in [0.25, 0.3) is 5.91 Å². The summed E-state index contributed by atoms with van der Waals surface area (Å²) in [7, 11) is 0. The quantitative estimate of drug-likeness (QED) is 0.711. The molecule has 3 aromatic rings. The summed E-state index contributed by atoms with van der Waals surface area (Å²) in [6.45, 7) is 3.04. The number of carbonyl (C=O) groups excluding carboxylic acids is 2. The van der Waals surface area contributed by atoms with Gasteiger partial charge in [-0.25, -0.2) is 4.79 Å². The lowest BCUT2D eigenvalue weighted by atomic mass is 10.2. The summed E-state index contributed by atoms with van der Waals surface area (Å²) in [5.74, 6) is -1.81. The van der Waals surface area contributed by atoms with Crippen molar-refractivity contribution < 1.29 is 18.7 Å². The lowest BCUT2D eigenvalue weighted by Crippen LogP contribution is -2.32. The van der Waals surface area contributed by atoms with E-state index in [1.807, 2.05) is 25.1 Å². The van der Waals surface area contributed by atoms with Crippen LogP contribution in [0.2, 0.25) is 0 Å². The monoisotopic (exact) mass is 354 g/mol. The second-order valence-electron chi connectivity index (χ2n) is 5.91. The summed E-state index contributed by atoms with van der Waals surface area (Å²) in [4.78, 5) is 36.2. The van der Waals surface area contributed by atoms with E-state index in [1.165, 1.54) is 11.5 Å². The molecule has 134 valence electrons. The number of amides is 1. The van der Waals surface area contributed by atoms with Gasteiger partial charge in [-0.15, -0.1) is 0 Å². The Morgan fingerprint density at radius 2 is 1.96 bits per heavy atom. The highest BCUT2D eigenvalue weighted by Gasteiger charge is 2.20. The molecule has 1 aromatic heterocycles. The van der Waals surface area contributed by atoms with Crippen molar-refractivity contribution in [1.82, 2.24) is 4.57 Å². The number of ether oxygens (including phenoxy) is 1. The topological polar surface area (TPSA) is 90.5 Å². The van der Waals surface area contributed by atoms with Crippen LogP contribution in [0.4, 0.5) is 5.69 Å². The third kappa shape index (κ3) is 3.83. The Morgan fingerprint density at radius 1 is 1.19 bits per heavy atom. The van der Waals surface area contributed by atoms with Crippen molar-refractivity contribution in [3.63, 3.8) is 0 Å². The van der Waals surface area contributed by atoms with Gasteiger partial charge in [0.2, 0.25) is 0 Å². The highest BCUT2D eigenvalue weighted by Crippen LogP contribution is 2.13. The third-order valence-electron chi connectivity index (χ3n) is 3.82. The lowest BCUT2D eigenvalue weighted by molar-refractivity contribution is -0.153. The van der Waals surface area contributed by atoms with E-state index in [0.29, 0.717) is 16.8 Å². The van der Waals surface area contributed by atoms with E-state index in [4.69, 9.17) is 9.15 Å². The molecule has 7 heteroatoms. The number of hydrogen-bond acceptors (Lipinski definition) is 5. The second kappa shape index (κ2) is 7.26. The maximum absolute atomic E-state index is 12.2. The van der Waals surface area contributed by atoms with Gasteiger partial charge in [0.15, 0.2) is 11.7 Å². The van der Waals surface area contributed by atoms with E-state index in [-0.39, 0.29) is 6.54 Å². The molecule has 1 N–H and O–H groups in total. The Balaban J connectivity index is 1.64. The third-order valence-corrected chi connectivity index (χ3v) is 3.82. The van der Waals surface area contributed by atoms with Crippen LogP contribution < -0.4 is 11.1 Å². The standard InChI is InChI=1S/C19H18N2O5/c1-12-6-5-7-14(10-12)20-18(23)13(2)25-17(22)11-21-15-8-3-4-9-16(15)26-19(21)24/h3-10,13H,11H2,1-2H3,(H,20,23)/t13-/m1/s1. The predicted octanol–water partition coefficient (Wildman–Crippen LogP) is 2.47. The number of rotatable bonds is 5. The zero-order valence-electron chi connectivity index (χ0n) is 14.4. The van der Waals surface area contributed by atoms with Crippen LogP contribution in [0.5, 0.6) is 0 Å². The van der Waals surface area contributed by atoms with Gasteiger partial charge in [-0.1, -0.05) is 24.3 Å². The van der Waals surface area contributed by atoms with Crippen molar-refractivity contribution in [2.75, 3.05) is 5.32 Å². The zero-order valence-corrected chi connectivity index (χ0v) is 14.4. The summed E-state index contributed by atoms with van der Waals surface area (Å²) >= 11 is 0. The van der Waals surface area contributed by atoms with Crippen LogP contribution in [0.25, 0.3) is 11.1 Å². The van der Waals surface area contributed by atoms with Crippen LogP contribution in [-0.2, 0) is 20.9 Å². The molecule has 2 aromatic carbocycles. The van der Waals surface area contributed by atoms with Crippen molar-refractivity contribution in [3.8, 4) is 0 Å². The van der Waals surface area contributed by atoms with Crippen LogP contribution >= 0.6 is 0 Å². The van der Waals surface area contributed by atoms with Gasteiger partial charge in [-0.3, -0.25) is 14.2 Å². The number of nitrogens with one attached hydrogen (secondary N) is 1. The number of para-hydroxylation sites is 2. The molecule has 0 unspecified atom stereocenters. The fraction of sp³-hybridized carbons (Fsp3) is 0.211. The smallest absolute Gasteiger partial charge is 0.420 e. The van der Waals surface area contributed by atoms with Gasteiger partial charge in [0.05, 0.1) is 5.52 Å². The Hall–Kier alpha value is -3.35. The van der Waals surface area contributed by atoms with Crippen molar-refractivity contribution in [3.05, 3.63) is 64.6 Å². The van der Waals surface area contributed by atoms with Crippen LogP contribution in [0.15, 0.2) is 57.7 Å². The van der Waals surface area contributed by atoms with Gasteiger partial charge in [0.1, 0.15) is 6.54 Å². The van der Waals surface area contributed by atoms with Crippen LogP contribution in [-0.4, -0.2) is 22.5 Å². The minimum atomic E-state index is -1.00. The molecule has 26 heavy (non-hydrogen) atoms. The number of esters is 1. The van der Waals surface area contributed by atoms with Crippen LogP contribution in [0.1, 0.15) is 12.5 Å². The van der Waals surface area contributed by atoms with Crippen molar-refractivity contribution >= 4 is 28.7 Å². The number of hydrogen-bond donors (Lipinski definition) is 1. The summed E-state index contributed by atoms with van der Waals surface area (Å²) in [6, 6.07) is 14.0. The average molecular weight is 354 g/mol. The summed E-state index contributed by atoms with van der Waals surface area (Å²) in [6.07, 6.45) is -1.00. The molecule has 0 aliphatic rings. The van der Waals surface area contributed by atoms with Gasteiger partial charge in [-0.2, -0.15) is 0 Å². The molecule has 0 aliphatic carbocycles. The first-order chi connectivity index (χ1) is 12.4. The molecule has 0 saturated carbocycles. The minimum absolute atomic E-state index is 0.335. The van der Waals surface area contributed by atoms with E-state index in [0.717, 1.165) is 5.56 Å². The molecule has 7 nitrogen and oxygen atoms in total. The molecule has 0 fully saturated rings. The van der Waals surface area contributed by atoms with Crippen molar-refractivity contribution in [2.24, 2.45) is 0 Å². The first-order valence-corrected chi connectivity index (χ1v) is 8.09. The molecular weight excluding hydrogens is 336 g/mol. The molecule has 3 rings (SSSR count). The molecule has 0 bridgehead atoms. The zero-order chi connectivity index (χ0) is 18.7. The first kappa shape index (κ1) is 17.5. The van der Waals surface area contributed by atoms with Gasteiger partial charge < -0.3 is 14.5 Å². The largest absolute Gasteiger partial charge is 0.451 e. The Kier molecular flexibility index (Phi) is 4.88.